The van der Waals surface area contributed by atoms with Crippen LogP contribution < -0.4 is 21.5 Å². The number of carbonyl (C=O) groups excluding carboxylic acids is 3. The molecular formula is C45H56N8O6. The van der Waals surface area contributed by atoms with Crippen molar-refractivity contribution in [3.8, 4) is 17.0 Å². The Morgan fingerprint density at radius 3 is 2.31 bits per heavy atom. The Balaban J connectivity index is 0.908. The van der Waals surface area contributed by atoms with E-state index < -0.39 is 5.60 Å². The lowest BCUT2D eigenvalue weighted by atomic mass is 9.90. The number of phenols is 1. The van der Waals surface area contributed by atoms with Gasteiger partial charge in [-0.2, -0.15) is 5.10 Å². The molecule has 14 heteroatoms. The van der Waals surface area contributed by atoms with E-state index in [0.29, 0.717) is 68.8 Å². The number of amides is 3. The minimum Gasteiger partial charge on any atom is -0.508 e. The second-order valence-corrected chi connectivity index (χ2v) is 15.8. The number of aromatic hydroxyl groups is 1. The third-order valence-corrected chi connectivity index (χ3v) is 11.2. The summed E-state index contributed by atoms with van der Waals surface area (Å²) in [7, 11) is 1.77. The van der Waals surface area contributed by atoms with Gasteiger partial charge >= 0.3 is 0 Å². The molecule has 1 fully saturated rings. The molecule has 1 saturated heterocycles. The molecule has 0 bridgehead atoms. The zero-order valence-electron chi connectivity index (χ0n) is 34.2. The number of unbranched alkanes of at least 4 members (excludes halogenated alkanes) is 3. The Kier molecular flexibility index (Phi) is 14.3. The van der Waals surface area contributed by atoms with Crippen LogP contribution in [-0.2, 0) is 29.7 Å². The van der Waals surface area contributed by atoms with Gasteiger partial charge in [0.15, 0.2) is 5.52 Å². The van der Waals surface area contributed by atoms with E-state index in [1.54, 1.807) is 23.9 Å². The number of piperidine rings is 1. The van der Waals surface area contributed by atoms with Crippen molar-refractivity contribution in [3.63, 3.8) is 0 Å². The van der Waals surface area contributed by atoms with Crippen LogP contribution in [0.15, 0.2) is 83.9 Å². The van der Waals surface area contributed by atoms with Crippen LogP contribution in [0.5, 0.6) is 5.75 Å². The molecule has 0 saturated carbocycles. The van der Waals surface area contributed by atoms with Gasteiger partial charge in [-0.3, -0.25) is 28.4 Å². The molecule has 1 atom stereocenters. The van der Waals surface area contributed by atoms with Gasteiger partial charge in [0.1, 0.15) is 11.3 Å². The van der Waals surface area contributed by atoms with Crippen molar-refractivity contribution in [1.29, 1.82) is 0 Å². The number of hydrogen-bond acceptors (Lipinski definition) is 9. The number of hydrogen-bond donors (Lipinski definition) is 5. The molecule has 14 nitrogen and oxygen atoms in total. The molecule has 0 aliphatic carbocycles. The maximum atomic E-state index is 13.6. The Bertz CT molecular complexity index is 2280. The number of likely N-dealkylation sites (tertiary alicyclic amines) is 1. The number of fused-ring (bicyclic) bond motifs is 1. The monoisotopic (exact) mass is 804 g/mol. The maximum absolute atomic E-state index is 13.6. The Labute approximate surface area is 344 Å². The highest BCUT2D eigenvalue weighted by molar-refractivity contribution is 5.96. The summed E-state index contributed by atoms with van der Waals surface area (Å²) in [6, 6.07) is 22.5. The highest BCUT2D eigenvalue weighted by atomic mass is 16.3. The van der Waals surface area contributed by atoms with Crippen molar-refractivity contribution >= 4 is 28.8 Å². The highest BCUT2D eigenvalue weighted by Gasteiger charge is 2.35. The van der Waals surface area contributed by atoms with Gasteiger partial charge in [-0.25, -0.2) is 4.98 Å². The molecular weight excluding hydrogens is 749 g/mol. The number of phenolic OH excluding ortho intramolecular Hbond substituents is 1. The quantitative estimate of drug-likeness (QED) is 0.0794. The molecule has 59 heavy (non-hydrogen) atoms. The second kappa shape index (κ2) is 19.7. The van der Waals surface area contributed by atoms with E-state index in [2.05, 4.69) is 26.0 Å². The van der Waals surface area contributed by atoms with Gasteiger partial charge in [-0.15, -0.1) is 0 Å². The fourth-order valence-corrected chi connectivity index (χ4v) is 7.62. The van der Waals surface area contributed by atoms with Gasteiger partial charge in [0.25, 0.3) is 11.5 Å². The largest absolute Gasteiger partial charge is 0.508 e. The zero-order chi connectivity index (χ0) is 41.9. The van der Waals surface area contributed by atoms with Crippen LogP contribution >= 0.6 is 0 Å². The Morgan fingerprint density at radius 1 is 0.898 bits per heavy atom. The molecule has 6 rings (SSSR count). The topological polar surface area (TPSA) is 184 Å². The van der Waals surface area contributed by atoms with Crippen LogP contribution in [0.1, 0.15) is 84.8 Å². The average molecular weight is 805 g/mol. The zero-order valence-corrected chi connectivity index (χ0v) is 34.2. The number of rotatable bonds is 18. The van der Waals surface area contributed by atoms with Gasteiger partial charge in [0, 0.05) is 57.3 Å². The molecule has 0 spiro atoms. The van der Waals surface area contributed by atoms with Gasteiger partial charge in [-0.05, 0) is 67.3 Å². The summed E-state index contributed by atoms with van der Waals surface area (Å²) in [5, 5.41) is 34.7. The molecule has 5 N–H and O–H groups in total. The summed E-state index contributed by atoms with van der Waals surface area (Å²) in [6.45, 7) is 6.61. The van der Waals surface area contributed by atoms with Crippen molar-refractivity contribution in [3.05, 3.63) is 112 Å². The van der Waals surface area contributed by atoms with Crippen molar-refractivity contribution in [2.75, 3.05) is 32.7 Å². The minimum absolute atomic E-state index is 0.0643. The van der Waals surface area contributed by atoms with E-state index in [1.807, 2.05) is 73.3 Å². The van der Waals surface area contributed by atoms with Gasteiger partial charge in [0.2, 0.25) is 11.8 Å². The molecule has 0 radical (unpaired) electrons. The fraction of sp³-hybridized carbons (Fsp3) is 0.422. The first kappa shape index (κ1) is 42.7. The molecule has 1 aliphatic heterocycles. The predicted octanol–water partition coefficient (Wildman–Crippen LogP) is 4.55. The minimum atomic E-state index is -1.15. The first-order valence-corrected chi connectivity index (χ1v) is 20.5. The molecule has 5 aromatic rings. The first-order chi connectivity index (χ1) is 28.4. The van der Waals surface area contributed by atoms with Crippen LogP contribution in [0.4, 0.5) is 0 Å². The van der Waals surface area contributed by atoms with Gasteiger partial charge < -0.3 is 31.1 Å². The summed E-state index contributed by atoms with van der Waals surface area (Å²) < 4.78 is 3.07. The lowest BCUT2D eigenvalue weighted by Gasteiger charge is -2.38. The SMILES string of the molecule is Cc1ccc(O)cc1C(=O)NCCCCCCNC(=O)CNCc1ccc(-c2c3ncn(CC4(O)CCN(C(=O)C[C@@H](C)c5ccccc5)CC4)c(=O)c3nn2C)cc1. The number of aryl methyl sites for hydroxylation is 2. The summed E-state index contributed by atoms with van der Waals surface area (Å²) in [5.74, 6) is -0.0342. The second-order valence-electron chi connectivity index (χ2n) is 15.8. The summed E-state index contributed by atoms with van der Waals surface area (Å²) in [4.78, 5) is 57.8. The number of aromatic nitrogens is 4. The van der Waals surface area contributed by atoms with Crippen LogP contribution in [0.2, 0.25) is 0 Å². The first-order valence-electron chi connectivity index (χ1n) is 20.5. The van der Waals surface area contributed by atoms with E-state index in [0.717, 1.165) is 47.9 Å². The maximum Gasteiger partial charge on any atom is 0.281 e. The van der Waals surface area contributed by atoms with E-state index in [-0.39, 0.29) is 53.6 Å². The molecule has 312 valence electrons. The lowest BCUT2D eigenvalue weighted by Crippen LogP contribution is -2.49. The number of nitrogens with zero attached hydrogens (tertiary/aromatic N) is 5. The summed E-state index contributed by atoms with van der Waals surface area (Å²) >= 11 is 0. The van der Waals surface area contributed by atoms with E-state index in [1.165, 1.54) is 17.0 Å². The van der Waals surface area contributed by atoms with Crippen LogP contribution in [-0.4, -0.2) is 90.5 Å². The van der Waals surface area contributed by atoms with Gasteiger partial charge in [0.05, 0.1) is 30.7 Å². The highest BCUT2D eigenvalue weighted by Crippen LogP contribution is 2.28. The third kappa shape index (κ3) is 11.2. The Hall–Kier alpha value is -5.86. The third-order valence-electron chi connectivity index (χ3n) is 11.2. The molecule has 2 aromatic heterocycles. The van der Waals surface area contributed by atoms with Crippen LogP contribution in [0.3, 0.4) is 0 Å². The van der Waals surface area contributed by atoms with E-state index in [4.69, 9.17) is 0 Å². The van der Waals surface area contributed by atoms with Crippen molar-refractivity contribution in [2.24, 2.45) is 7.05 Å². The van der Waals surface area contributed by atoms with E-state index >= 15 is 0 Å². The summed E-state index contributed by atoms with van der Waals surface area (Å²) in [6.07, 6.45) is 6.13. The number of benzene rings is 3. The van der Waals surface area contributed by atoms with Gasteiger partial charge in [-0.1, -0.05) is 80.4 Å². The average Bonchev–Trinajstić information content (AvgIpc) is 3.57. The van der Waals surface area contributed by atoms with Crippen molar-refractivity contribution in [1.82, 2.24) is 40.2 Å². The fourth-order valence-electron chi connectivity index (χ4n) is 7.62. The molecule has 3 aromatic carbocycles. The molecule has 3 amide bonds. The van der Waals surface area contributed by atoms with Crippen molar-refractivity contribution < 1.29 is 24.6 Å². The molecule has 0 unspecified atom stereocenters. The lowest BCUT2D eigenvalue weighted by molar-refractivity contribution is -0.136. The molecule has 1 aliphatic rings. The normalized spacial score (nSPS) is 14.3. The Morgan fingerprint density at radius 2 is 1.59 bits per heavy atom. The smallest absolute Gasteiger partial charge is 0.281 e. The summed E-state index contributed by atoms with van der Waals surface area (Å²) in [5.41, 5.74) is 4.16. The standard InChI is InChI=1S/C45H56N8O6/c1-31-13-18-36(54)26-37(31)43(57)48-22-10-5-4-9-21-47-38(55)28-46-27-33-14-16-35(17-15-33)42-40-41(50-51(42)3)44(58)53(30-49-40)29-45(59)19-23-52(24-20-45)39(56)25-32(2)34-11-7-6-8-12-34/h6-8,11-18,26,30,32,46,54,59H,4-5,9-10,19-25,27-29H2,1-3H3,(H,47,55)(H,48,57)/t32-/m1/s1. The number of carbonyl (C=O) groups is 3. The molecule has 3 heterocycles. The van der Waals surface area contributed by atoms with Crippen LogP contribution in [0, 0.1) is 6.92 Å². The number of aliphatic hydroxyl groups is 1. The van der Waals surface area contributed by atoms with Crippen molar-refractivity contribution in [2.45, 2.75) is 83.4 Å². The van der Waals surface area contributed by atoms with Crippen LogP contribution in [0.25, 0.3) is 22.3 Å². The predicted molar refractivity (Wildman–Crippen MR) is 227 cm³/mol. The number of nitrogens with one attached hydrogen (secondary N) is 3. The van der Waals surface area contributed by atoms with E-state index in [9.17, 15) is 29.4 Å².